The van der Waals surface area contributed by atoms with Crippen LogP contribution in [-0.4, -0.2) is 44.6 Å². The Kier molecular flexibility index (Phi) is 2.57. The summed E-state index contributed by atoms with van der Waals surface area (Å²) < 4.78 is 0. The number of aromatic nitrogens is 2. The third-order valence-electron chi connectivity index (χ3n) is 4.63. The second kappa shape index (κ2) is 4.31. The van der Waals surface area contributed by atoms with Crippen LogP contribution in [0.2, 0.25) is 0 Å². The maximum absolute atomic E-state index is 12.7. The van der Waals surface area contributed by atoms with Crippen LogP contribution in [-0.2, 0) is 0 Å². The molecule has 1 aliphatic carbocycles. The molecule has 1 saturated carbocycles. The van der Waals surface area contributed by atoms with E-state index in [1.165, 1.54) is 0 Å². The van der Waals surface area contributed by atoms with E-state index >= 15 is 0 Å². The highest BCUT2D eigenvalue weighted by Gasteiger charge is 2.42. The van der Waals surface area contributed by atoms with Crippen LogP contribution in [0, 0.1) is 5.92 Å². The van der Waals surface area contributed by atoms with Gasteiger partial charge in [0.15, 0.2) is 0 Å². The van der Waals surface area contributed by atoms with Crippen molar-refractivity contribution in [3.8, 4) is 0 Å². The number of aliphatic hydroxyl groups is 1. The summed E-state index contributed by atoms with van der Waals surface area (Å²) in [4.78, 5) is 21.8. The molecule has 0 radical (unpaired) electrons. The predicted octanol–water partition coefficient (Wildman–Crippen LogP) is 1.55. The summed E-state index contributed by atoms with van der Waals surface area (Å²) in [5.41, 5.74) is 1.30. The van der Waals surface area contributed by atoms with E-state index in [0.717, 1.165) is 36.8 Å². The van der Waals surface area contributed by atoms with Crippen molar-refractivity contribution in [3.63, 3.8) is 0 Å². The Labute approximate surface area is 116 Å². The highest BCUT2D eigenvalue weighted by Crippen LogP contribution is 2.36. The maximum atomic E-state index is 12.7. The van der Waals surface area contributed by atoms with Crippen molar-refractivity contribution in [3.05, 3.63) is 30.1 Å². The van der Waals surface area contributed by atoms with Crippen LogP contribution in [0.25, 0.3) is 11.0 Å². The third-order valence-corrected chi connectivity index (χ3v) is 4.63. The molecular weight excluding hydrogens is 254 g/mol. The molecule has 2 aromatic heterocycles. The van der Waals surface area contributed by atoms with Gasteiger partial charge in [0.05, 0.1) is 12.1 Å². The summed E-state index contributed by atoms with van der Waals surface area (Å²) >= 11 is 0. The number of nitrogens with zero attached hydrogens (tertiary/aromatic N) is 2. The van der Waals surface area contributed by atoms with Crippen LogP contribution >= 0.6 is 0 Å². The normalized spacial score (nSPS) is 29.1. The molecule has 4 heterocycles. The Balaban J connectivity index is 1.66. The lowest BCUT2D eigenvalue weighted by molar-refractivity contribution is -0.0414. The van der Waals surface area contributed by atoms with E-state index in [9.17, 15) is 9.90 Å². The van der Waals surface area contributed by atoms with E-state index in [4.69, 9.17) is 0 Å². The molecule has 2 bridgehead atoms. The Morgan fingerprint density at radius 1 is 1.45 bits per heavy atom. The minimum Gasteiger partial charge on any atom is -0.391 e. The summed E-state index contributed by atoms with van der Waals surface area (Å²) in [6, 6.07) is 5.62. The molecule has 5 rings (SSSR count). The Bertz CT molecular complexity index is 633. The number of H-pyrrole nitrogens is 1. The zero-order valence-corrected chi connectivity index (χ0v) is 11.1. The summed E-state index contributed by atoms with van der Waals surface area (Å²) in [5, 5.41) is 11.0. The molecule has 5 nitrogen and oxygen atoms in total. The quantitative estimate of drug-likeness (QED) is 0.826. The van der Waals surface area contributed by atoms with Gasteiger partial charge < -0.3 is 15.0 Å². The molecule has 2 N–H and O–H groups in total. The first kappa shape index (κ1) is 11.9. The molecule has 2 aromatic rings. The first-order chi connectivity index (χ1) is 9.72. The fourth-order valence-corrected chi connectivity index (χ4v) is 3.62. The summed E-state index contributed by atoms with van der Waals surface area (Å²) in [6.45, 7) is 0.767. The van der Waals surface area contributed by atoms with Gasteiger partial charge in [-0.25, -0.2) is 4.98 Å². The molecule has 3 unspecified atom stereocenters. The predicted molar refractivity (Wildman–Crippen MR) is 74.3 cm³/mol. The van der Waals surface area contributed by atoms with Crippen molar-refractivity contribution < 1.29 is 9.90 Å². The second-order valence-corrected chi connectivity index (χ2v) is 5.90. The van der Waals surface area contributed by atoms with Gasteiger partial charge in [-0.15, -0.1) is 0 Å². The molecule has 2 aliphatic heterocycles. The zero-order valence-electron chi connectivity index (χ0n) is 11.1. The average Bonchev–Trinajstić information content (AvgIpc) is 2.90. The van der Waals surface area contributed by atoms with Crippen molar-refractivity contribution >= 4 is 16.9 Å². The topological polar surface area (TPSA) is 69.2 Å². The zero-order chi connectivity index (χ0) is 13.7. The van der Waals surface area contributed by atoms with E-state index < -0.39 is 0 Å². The molecule has 3 atom stereocenters. The fourth-order valence-electron chi connectivity index (χ4n) is 3.62. The van der Waals surface area contributed by atoms with Gasteiger partial charge in [-0.3, -0.25) is 4.79 Å². The minimum atomic E-state index is -0.367. The van der Waals surface area contributed by atoms with Crippen LogP contribution in [0.5, 0.6) is 0 Å². The number of carbonyl (C=O) groups is 1. The lowest BCUT2D eigenvalue weighted by Crippen LogP contribution is -2.57. The number of fused-ring (bicyclic) bond motifs is 4. The number of amides is 1. The molecule has 104 valence electrons. The van der Waals surface area contributed by atoms with Crippen molar-refractivity contribution in [1.82, 2.24) is 14.9 Å². The van der Waals surface area contributed by atoms with Gasteiger partial charge >= 0.3 is 0 Å². The summed E-state index contributed by atoms with van der Waals surface area (Å²) in [5.74, 6) is 0.429. The highest BCUT2D eigenvalue weighted by molar-refractivity contribution is 5.97. The Morgan fingerprint density at radius 3 is 3.10 bits per heavy atom. The number of carbonyl (C=O) groups excluding carboxylic acids is 1. The van der Waals surface area contributed by atoms with Crippen molar-refractivity contribution in [2.24, 2.45) is 5.92 Å². The molecule has 0 aromatic carbocycles. The minimum absolute atomic E-state index is 0.0172. The molecule has 20 heavy (non-hydrogen) atoms. The van der Waals surface area contributed by atoms with Crippen molar-refractivity contribution in [1.29, 1.82) is 0 Å². The van der Waals surface area contributed by atoms with Gasteiger partial charge in [0.2, 0.25) is 0 Å². The van der Waals surface area contributed by atoms with Crippen LogP contribution in [0.15, 0.2) is 24.4 Å². The number of rotatable bonds is 1. The summed E-state index contributed by atoms with van der Waals surface area (Å²) in [7, 11) is 0. The highest BCUT2D eigenvalue weighted by atomic mass is 16.3. The largest absolute Gasteiger partial charge is 0.391 e. The van der Waals surface area contributed by atoms with Crippen LogP contribution in [0.3, 0.4) is 0 Å². The number of hydrogen-bond donors (Lipinski definition) is 2. The number of aromatic amines is 1. The lowest BCUT2D eigenvalue weighted by atomic mass is 9.78. The first-order valence-corrected chi connectivity index (χ1v) is 7.15. The first-order valence-electron chi connectivity index (χ1n) is 7.15. The number of aliphatic hydroxyl groups excluding tert-OH is 1. The van der Waals surface area contributed by atoms with Crippen molar-refractivity contribution in [2.75, 3.05) is 6.54 Å². The molecular formula is C15H17N3O2. The van der Waals surface area contributed by atoms with Crippen LogP contribution < -0.4 is 0 Å². The SMILES string of the molecule is O=C(c1cc2cccnc2[nH]1)N1CC2CCC1C(O)C2. The van der Waals surface area contributed by atoms with Crippen LogP contribution in [0.4, 0.5) is 0 Å². The summed E-state index contributed by atoms with van der Waals surface area (Å²) in [6.07, 6.45) is 4.21. The molecule has 2 saturated heterocycles. The van der Waals surface area contributed by atoms with E-state index in [2.05, 4.69) is 9.97 Å². The smallest absolute Gasteiger partial charge is 0.270 e. The fraction of sp³-hybridized carbons (Fsp3) is 0.467. The average molecular weight is 271 g/mol. The van der Waals surface area contributed by atoms with Gasteiger partial charge in [-0.2, -0.15) is 0 Å². The van der Waals surface area contributed by atoms with E-state index in [1.807, 2.05) is 23.1 Å². The second-order valence-electron chi connectivity index (χ2n) is 5.90. The van der Waals surface area contributed by atoms with Crippen molar-refractivity contribution in [2.45, 2.75) is 31.4 Å². The van der Waals surface area contributed by atoms with E-state index in [-0.39, 0.29) is 18.1 Å². The third kappa shape index (κ3) is 1.73. The van der Waals surface area contributed by atoms with Crippen LogP contribution in [0.1, 0.15) is 29.8 Å². The molecule has 3 aliphatic rings. The van der Waals surface area contributed by atoms with Gasteiger partial charge in [0.1, 0.15) is 11.3 Å². The molecule has 3 fully saturated rings. The van der Waals surface area contributed by atoms with Gasteiger partial charge in [0, 0.05) is 18.1 Å². The monoisotopic (exact) mass is 271 g/mol. The Hall–Kier alpha value is -1.88. The van der Waals surface area contributed by atoms with Gasteiger partial charge in [-0.1, -0.05) is 0 Å². The number of hydrogen-bond acceptors (Lipinski definition) is 3. The van der Waals surface area contributed by atoms with Gasteiger partial charge in [-0.05, 0) is 43.4 Å². The lowest BCUT2D eigenvalue weighted by Gasteiger charge is -2.47. The molecule has 5 heteroatoms. The number of pyridine rings is 1. The Morgan fingerprint density at radius 2 is 2.35 bits per heavy atom. The molecule has 0 spiro atoms. The van der Waals surface area contributed by atoms with E-state index in [1.54, 1.807) is 6.20 Å². The molecule has 1 amide bonds. The van der Waals surface area contributed by atoms with Gasteiger partial charge in [0.25, 0.3) is 5.91 Å². The maximum Gasteiger partial charge on any atom is 0.270 e. The number of nitrogens with one attached hydrogen (secondary N) is 1. The van der Waals surface area contributed by atoms with E-state index in [0.29, 0.717) is 11.6 Å². The standard InChI is InChI=1S/C15H17N3O2/c19-13-6-9-3-4-12(13)18(8-9)15(20)11-7-10-2-1-5-16-14(10)17-11/h1-2,5,7,9,12-13,19H,3-4,6,8H2,(H,16,17). The number of piperidine rings is 2.